The molecule has 4 rings (SSSR count). The summed E-state index contributed by atoms with van der Waals surface area (Å²) in [5.74, 6) is -1.70. The first-order valence-electron chi connectivity index (χ1n) is 16.7. The molecule has 0 bridgehead atoms. The minimum atomic E-state index is -5.13. The Bertz CT molecular complexity index is 1800. The summed E-state index contributed by atoms with van der Waals surface area (Å²) in [4.78, 5) is 34.6. The summed E-state index contributed by atoms with van der Waals surface area (Å²) in [5.41, 5.74) is -6.40. The number of carboxylic acid groups (broad SMARTS) is 1. The normalized spacial score (nSPS) is 16.4. The van der Waals surface area contributed by atoms with Crippen LogP contribution in [0.2, 0.25) is 0 Å². The number of rotatable bonds is 14. The predicted molar refractivity (Wildman–Crippen MR) is 176 cm³/mol. The van der Waals surface area contributed by atoms with Gasteiger partial charge < -0.3 is 29.7 Å². The summed E-state index contributed by atoms with van der Waals surface area (Å²) in [5, 5.41) is 21.3. The lowest BCUT2D eigenvalue weighted by Crippen LogP contribution is -2.47. The molecule has 2 atom stereocenters. The fraction of sp³-hybridized carbons (Fsp3) is 0.486. The van der Waals surface area contributed by atoms with Crippen molar-refractivity contribution < 1.29 is 73.5 Å². The highest BCUT2D eigenvalue weighted by Gasteiger charge is 2.41. The first kappa shape index (κ1) is 42.9. The van der Waals surface area contributed by atoms with Crippen LogP contribution in [-0.4, -0.2) is 71.3 Å². The summed E-state index contributed by atoms with van der Waals surface area (Å²) in [6, 6.07) is 1.85. The number of hydrogen-bond acceptors (Lipinski definition) is 9. The molecule has 1 aliphatic rings. The summed E-state index contributed by atoms with van der Waals surface area (Å²) in [7, 11) is 0. The van der Waals surface area contributed by atoms with Gasteiger partial charge in [0.2, 0.25) is 5.95 Å². The highest BCUT2D eigenvalue weighted by molar-refractivity contribution is 5.91. The standard InChI is InChI=1S/C35H37F9N4O7/c1-4-23-16-25(24-15-20(33(36,37)38)5-6-27(24)48(23)31(52)55-18-32(2,3)29(50)51)46-30-45-17-28(54-10-9-53-8-7-49)26(47-30)13-19-11-21(34(39,40)41)14-22(12-19)35(42,43)44/h5-6,11-12,14-15,17,23,25,49H,4,7-10,13,16,18H2,1-3H3,(H,50,51)(H,45,46,47)/t23-,25+/m1/s1. The van der Waals surface area contributed by atoms with E-state index in [0.717, 1.165) is 29.3 Å². The van der Waals surface area contributed by atoms with Gasteiger partial charge in [-0.1, -0.05) is 6.92 Å². The van der Waals surface area contributed by atoms with Crippen LogP contribution >= 0.6 is 0 Å². The molecule has 1 aromatic heterocycles. The van der Waals surface area contributed by atoms with Gasteiger partial charge in [0.05, 0.1) is 65.5 Å². The average molecular weight is 797 g/mol. The van der Waals surface area contributed by atoms with Gasteiger partial charge in [-0.15, -0.1) is 0 Å². The highest BCUT2D eigenvalue weighted by Crippen LogP contribution is 2.44. The third-order valence-corrected chi connectivity index (χ3v) is 8.54. The summed E-state index contributed by atoms with van der Waals surface area (Å²) < 4.78 is 140. The number of ether oxygens (including phenoxy) is 3. The molecule has 0 fully saturated rings. The third-order valence-electron chi connectivity index (χ3n) is 8.54. The molecule has 3 aromatic rings. The van der Waals surface area contributed by atoms with Crippen molar-refractivity contribution in [2.24, 2.45) is 5.41 Å². The topological polar surface area (TPSA) is 143 Å². The molecule has 1 aliphatic heterocycles. The number of hydrogen-bond donors (Lipinski definition) is 3. The van der Waals surface area contributed by atoms with Crippen molar-refractivity contribution >= 4 is 23.7 Å². The van der Waals surface area contributed by atoms with E-state index in [4.69, 9.17) is 19.3 Å². The first-order chi connectivity index (χ1) is 25.5. The number of carbonyl (C=O) groups excluding carboxylic acids is 1. The number of aromatic nitrogens is 2. The molecule has 3 N–H and O–H groups in total. The van der Waals surface area contributed by atoms with Gasteiger partial charge in [-0.25, -0.2) is 14.8 Å². The number of halogens is 9. The summed E-state index contributed by atoms with van der Waals surface area (Å²) >= 11 is 0. The number of aliphatic hydroxyl groups is 1. The van der Waals surface area contributed by atoms with Gasteiger partial charge >= 0.3 is 30.6 Å². The Hall–Kier alpha value is -4.85. The summed E-state index contributed by atoms with van der Waals surface area (Å²) in [6.07, 6.45) is -15.5. The molecule has 0 unspecified atom stereocenters. The van der Waals surface area contributed by atoms with E-state index in [2.05, 4.69) is 15.3 Å². The van der Waals surface area contributed by atoms with Crippen LogP contribution in [0.4, 0.5) is 55.9 Å². The zero-order chi connectivity index (χ0) is 40.9. The molecular formula is C35H37F9N4O7. The predicted octanol–water partition coefficient (Wildman–Crippen LogP) is 7.90. The van der Waals surface area contributed by atoms with Gasteiger partial charge in [-0.2, -0.15) is 39.5 Å². The van der Waals surface area contributed by atoms with E-state index in [1.165, 1.54) is 13.8 Å². The SMILES string of the molecule is CC[C@@H]1C[C@H](Nc2ncc(OCCOCCO)c(Cc3cc(C(F)(F)F)cc(C(F)(F)F)c3)n2)c2cc(C(F)(F)F)ccc2N1C(=O)OCC(C)(C)C(=O)O. The molecule has 0 radical (unpaired) electrons. The monoisotopic (exact) mass is 796 g/mol. The van der Waals surface area contributed by atoms with E-state index >= 15 is 0 Å². The van der Waals surface area contributed by atoms with Crippen LogP contribution < -0.4 is 15.0 Å². The smallest absolute Gasteiger partial charge is 0.416 e. The van der Waals surface area contributed by atoms with Crippen LogP contribution in [0.3, 0.4) is 0 Å². The molecular weight excluding hydrogens is 759 g/mol. The van der Waals surface area contributed by atoms with Crippen molar-refractivity contribution in [1.82, 2.24) is 9.97 Å². The molecule has 2 aromatic carbocycles. The van der Waals surface area contributed by atoms with E-state index in [1.54, 1.807) is 6.92 Å². The molecule has 0 aliphatic carbocycles. The van der Waals surface area contributed by atoms with E-state index in [1.807, 2.05) is 0 Å². The Morgan fingerprint density at radius 2 is 1.55 bits per heavy atom. The van der Waals surface area contributed by atoms with Crippen LogP contribution in [0.5, 0.6) is 5.75 Å². The molecule has 302 valence electrons. The number of carboxylic acids is 1. The van der Waals surface area contributed by atoms with Crippen molar-refractivity contribution in [2.45, 2.75) is 70.6 Å². The van der Waals surface area contributed by atoms with Crippen LogP contribution in [0, 0.1) is 5.41 Å². The number of carbonyl (C=O) groups is 2. The fourth-order valence-electron chi connectivity index (χ4n) is 5.61. The van der Waals surface area contributed by atoms with Gasteiger partial charge in [-0.05, 0) is 74.2 Å². The van der Waals surface area contributed by atoms with E-state index in [0.29, 0.717) is 12.1 Å². The van der Waals surface area contributed by atoms with Gasteiger partial charge in [0.1, 0.15) is 13.2 Å². The van der Waals surface area contributed by atoms with Crippen LogP contribution in [0.1, 0.15) is 73.2 Å². The quantitative estimate of drug-likeness (QED) is 0.109. The second kappa shape index (κ2) is 16.9. The van der Waals surface area contributed by atoms with Gasteiger partial charge in [0.25, 0.3) is 0 Å². The Morgan fingerprint density at radius 3 is 2.11 bits per heavy atom. The fourth-order valence-corrected chi connectivity index (χ4v) is 5.61. The van der Waals surface area contributed by atoms with Crippen molar-refractivity contribution in [3.63, 3.8) is 0 Å². The molecule has 11 nitrogen and oxygen atoms in total. The minimum absolute atomic E-state index is 0.00608. The Kier molecular flexibility index (Phi) is 13.2. The van der Waals surface area contributed by atoms with Crippen molar-refractivity contribution in [3.8, 4) is 5.75 Å². The number of anilines is 2. The maximum Gasteiger partial charge on any atom is 0.416 e. The number of aliphatic hydroxyl groups excluding tert-OH is 1. The second-order valence-corrected chi connectivity index (χ2v) is 13.2. The number of amides is 1. The lowest BCUT2D eigenvalue weighted by Gasteiger charge is -2.40. The molecule has 0 spiro atoms. The summed E-state index contributed by atoms with van der Waals surface area (Å²) in [6.45, 7) is 3.15. The van der Waals surface area contributed by atoms with Gasteiger partial charge in [0, 0.05) is 12.5 Å². The van der Waals surface area contributed by atoms with Crippen LogP contribution in [0.25, 0.3) is 0 Å². The Labute approximate surface area is 308 Å². The van der Waals surface area contributed by atoms with Crippen LogP contribution in [0.15, 0.2) is 42.6 Å². The largest absolute Gasteiger partial charge is 0.488 e. The van der Waals surface area contributed by atoms with E-state index < -0.39 is 83.4 Å². The number of nitrogens with zero attached hydrogens (tertiary/aromatic N) is 3. The molecule has 0 saturated heterocycles. The Morgan fingerprint density at radius 1 is 0.909 bits per heavy atom. The number of nitrogens with one attached hydrogen (secondary N) is 1. The first-order valence-corrected chi connectivity index (χ1v) is 16.7. The number of benzene rings is 2. The van der Waals surface area contributed by atoms with Crippen LogP contribution in [-0.2, 0) is 39.2 Å². The third kappa shape index (κ3) is 10.9. The highest BCUT2D eigenvalue weighted by atomic mass is 19.4. The number of aliphatic carboxylic acids is 1. The van der Waals surface area contributed by atoms with Crippen molar-refractivity contribution in [3.05, 3.63) is 76.1 Å². The van der Waals surface area contributed by atoms with Crippen molar-refractivity contribution in [2.75, 3.05) is 43.3 Å². The second-order valence-electron chi connectivity index (χ2n) is 13.2. The number of fused-ring (bicyclic) bond motifs is 1. The molecule has 1 amide bonds. The molecule has 2 heterocycles. The van der Waals surface area contributed by atoms with Crippen molar-refractivity contribution in [1.29, 1.82) is 0 Å². The van der Waals surface area contributed by atoms with Gasteiger partial charge in [0.15, 0.2) is 5.75 Å². The molecule has 55 heavy (non-hydrogen) atoms. The maximum atomic E-state index is 13.9. The average Bonchev–Trinajstić information content (AvgIpc) is 3.09. The number of alkyl halides is 9. The lowest BCUT2D eigenvalue weighted by molar-refractivity contribution is -0.149. The zero-order valence-electron chi connectivity index (χ0n) is 29.5. The maximum absolute atomic E-state index is 13.9. The molecule has 0 saturated carbocycles. The lowest BCUT2D eigenvalue weighted by atomic mass is 9.89. The molecule has 20 heteroatoms. The van der Waals surface area contributed by atoms with E-state index in [-0.39, 0.29) is 74.0 Å². The van der Waals surface area contributed by atoms with E-state index in [9.17, 15) is 54.2 Å². The Balaban J connectivity index is 1.76. The minimum Gasteiger partial charge on any atom is -0.488 e. The van der Waals surface area contributed by atoms with Gasteiger partial charge in [-0.3, -0.25) is 9.69 Å². The zero-order valence-corrected chi connectivity index (χ0v) is 29.5.